The summed E-state index contributed by atoms with van der Waals surface area (Å²) in [6.07, 6.45) is 3.59. The van der Waals surface area contributed by atoms with E-state index in [4.69, 9.17) is 40.2 Å². The third-order valence-electron chi connectivity index (χ3n) is 4.00. The van der Waals surface area contributed by atoms with E-state index in [2.05, 4.69) is 5.32 Å². The van der Waals surface area contributed by atoms with Crippen LogP contribution in [0.4, 0.5) is 0 Å². The lowest BCUT2D eigenvalue weighted by Gasteiger charge is -2.15. The van der Waals surface area contributed by atoms with E-state index in [-0.39, 0.29) is 24.5 Å². The van der Waals surface area contributed by atoms with Crippen LogP contribution in [0.1, 0.15) is 18.4 Å². The van der Waals surface area contributed by atoms with Crippen LogP contribution in [0.25, 0.3) is 6.08 Å². The van der Waals surface area contributed by atoms with Crippen molar-refractivity contribution in [3.8, 4) is 0 Å². The molecule has 2 saturated heterocycles. The highest BCUT2D eigenvalue weighted by atomic mass is 35.5. The molecule has 9 heteroatoms. The molecule has 0 unspecified atom stereocenters. The molecule has 0 radical (unpaired) electrons. The van der Waals surface area contributed by atoms with Crippen molar-refractivity contribution in [3.05, 3.63) is 38.7 Å². The van der Waals surface area contributed by atoms with E-state index in [1.165, 1.54) is 4.90 Å². The highest BCUT2D eigenvalue weighted by molar-refractivity contribution is 8.26. The zero-order valence-corrected chi connectivity index (χ0v) is 16.8. The van der Waals surface area contributed by atoms with Gasteiger partial charge in [0.2, 0.25) is 5.91 Å². The van der Waals surface area contributed by atoms with Crippen molar-refractivity contribution in [2.75, 3.05) is 19.7 Å². The first-order valence-corrected chi connectivity index (χ1v) is 10.0. The van der Waals surface area contributed by atoms with Crippen LogP contribution in [0.5, 0.6) is 0 Å². The Morgan fingerprint density at radius 2 is 2.15 bits per heavy atom. The molecule has 0 spiro atoms. The van der Waals surface area contributed by atoms with Crippen LogP contribution in [0, 0.1) is 0 Å². The molecular weight excluding hydrogens is 415 g/mol. The number of carbonyl (C=O) groups is 2. The first-order valence-electron chi connectivity index (χ1n) is 8.03. The van der Waals surface area contributed by atoms with Crippen molar-refractivity contribution in [2.45, 2.75) is 18.9 Å². The molecular formula is C17H16Cl2N2O3S2. The molecule has 2 aliphatic rings. The standard InChI is InChI=1S/C17H16Cl2N2O3S2/c18-12-4-1-5-13(19)11(12)7-14-16(23)21(17(25)26-14)9-15(22)20-8-10-3-2-6-24-10/h1,4-5,7,10H,2-3,6,8-9H2,(H,20,22)/b14-7-/t10-/m1/s1. The minimum Gasteiger partial charge on any atom is -0.376 e. The van der Waals surface area contributed by atoms with E-state index >= 15 is 0 Å². The zero-order chi connectivity index (χ0) is 18.7. The zero-order valence-electron chi connectivity index (χ0n) is 13.7. The lowest BCUT2D eigenvalue weighted by Crippen LogP contribution is -2.41. The number of hydrogen-bond acceptors (Lipinski definition) is 5. The van der Waals surface area contributed by atoms with Crippen LogP contribution < -0.4 is 5.32 Å². The maximum absolute atomic E-state index is 12.6. The molecule has 26 heavy (non-hydrogen) atoms. The fourth-order valence-corrected chi connectivity index (χ4v) is 4.39. The topological polar surface area (TPSA) is 58.6 Å². The molecule has 0 aromatic heterocycles. The van der Waals surface area contributed by atoms with Gasteiger partial charge in [0.15, 0.2) is 0 Å². The first-order chi connectivity index (χ1) is 12.5. The number of carbonyl (C=O) groups excluding carboxylic acids is 2. The number of amides is 2. The average molecular weight is 431 g/mol. The molecule has 3 rings (SSSR count). The molecule has 0 bridgehead atoms. The summed E-state index contributed by atoms with van der Waals surface area (Å²) >= 11 is 18.7. The second kappa shape index (κ2) is 8.71. The van der Waals surface area contributed by atoms with Gasteiger partial charge in [-0.25, -0.2) is 0 Å². The Bertz CT molecular complexity index is 759. The molecule has 2 heterocycles. The lowest BCUT2D eigenvalue weighted by atomic mass is 10.2. The minimum absolute atomic E-state index is 0.0485. The summed E-state index contributed by atoms with van der Waals surface area (Å²) in [4.78, 5) is 26.4. The Hall–Kier alpha value is -1.12. The summed E-state index contributed by atoms with van der Waals surface area (Å²) in [5, 5.41) is 3.67. The van der Waals surface area contributed by atoms with Crippen molar-refractivity contribution in [1.29, 1.82) is 0 Å². The molecule has 1 aromatic carbocycles. The van der Waals surface area contributed by atoms with Gasteiger partial charge in [-0.05, 0) is 31.1 Å². The molecule has 0 aliphatic carbocycles. The summed E-state index contributed by atoms with van der Waals surface area (Å²) < 4.78 is 5.79. The van der Waals surface area contributed by atoms with Crippen LogP contribution in [-0.2, 0) is 14.3 Å². The third-order valence-corrected chi connectivity index (χ3v) is 6.04. The Balaban J connectivity index is 1.65. The maximum Gasteiger partial charge on any atom is 0.266 e. The van der Waals surface area contributed by atoms with Gasteiger partial charge in [-0.3, -0.25) is 14.5 Å². The van der Waals surface area contributed by atoms with Crippen molar-refractivity contribution in [1.82, 2.24) is 10.2 Å². The van der Waals surface area contributed by atoms with Gasteiger partial charge in [0.05, 0.1) is 11.0 Å². The van der Waals surface area contributed by atoms with Crippen molar-refractivity contribution >= 4 is 69.4 Å². The summed E-state index contributed by atoms with van der Waals surface area (Å²) in [7, 11) is 0. The van der Waals surface area contributed by atoms with Crippen molar-refractivity contribution < 1.29 is 14.3 Å². The molecule has 2 aliphatic heterocycles. The Morgan fingerprint density at radius 1 is 1.42 bits per heavy atom. The Morgan fingerprint density at radius 3 is 2.81 bits per heavy atom. The molecule has 138 valence electrons. The van der Waals surface area contributed by atoms with Gasteiger partial charge in [-0.2, -0.15) is 0 Å². The highest BCUT2D eigenvalue weighted by Gasteiger charge is 2.33. The van der Waals surface area contributed by atoms with E-state index in [9.17, 15) is 9.59 Å². The van der Waals surface area contributed by atoms with Crippen LogP contribution in [0.15, 0.2) is 23.1 Å². The van der Waals surface area contributed by atoms with Crippen LogP contribution in [0.3, 0.4) is 0 Å². The summed E-state index contributed by atoms with van der Waals surface area (Å²) in [5.41, 5.74) is 0.555. The van der Waals surface area contributed by atoms with Gasteiger partial charge in [0.1, 0.15) is 10.9 Å². The molecule has 5 nitrogen and oxygen atoms in total. The van der Waals surface area contributed by atoms with Gasteiger partial charge >= 0.3 is 0 Å². The van der Waals surface area contributed by atoms with Crippen LogP contribution in [0.2, 0.25) is 10.0 Å². The molecule has 1 N–H and O–H groups in total. The van der Waals surface area contributed by atoms with Crippen LogP contribution >= 0.6 is 47.2 Å². The number of thiocarbonyl (C=S) groups is 1. The quantitative estimate of drug-likeness (QED) is 0.572. The van der Waals surface area contributed by atoms with Gasteiger partial charge in [-0.1, -0.05) is 53.2 Å². The third kappa shape index (κ3) is 4.58. The fraction of sp³-hybridized carbons (Fsp3) is 0.353. The smallest absolute Gasteiger partial charge is 0.266 e. The number of thioether (sulfide) groups is 1. The normalized spacial score (nSPS) is 21.7. The number of halogens is 2. The van der Waals surface area contributed by atoms with Crippen molar-refractivity contribution in [3.63, 3.8) is 0 Å². The number of rotatable bonds is 5. The fourth-order valence-electron chi connectivity index (χ4n) is 2.65. The predicted molar refractivity (Wildman–Crippen MR) is 108 cm³/mol. The summed E-state index contributed by atoms with van der Waals surface area (Å²) in [6.45, 7) is 1.05. The van der Waals surface area contributed by atoms with E-state index in [0.29, 0.717) is 31.4 Å². The van der Waals surface area contributed by atoms with Gasteiger partial charge < -0.3 is 10.1 Å². The Kier molecular flexibility index (Phi) is 6.58. The molecule has 0 saturated carbocycles. The van der Waals surface area contributed by atoms with E-state index in [0.717, 1.165) is 31.2 Å². The first kappa shape index (κ1) is 19.6. The number of ether oxygens (including phenoxy) is 1. The average Bonchev–Trinajstić information content (AvgIpc) is 3.20. The van der Waals surface area contributed by atoms with E-state index < -0.39 is 0 Å². The minimum atomic E-state index is -0.330. The highest BCUT2D eigenvalue weighted by Crippen LogP contribution is 2.35. The number of hydrogen-bond donors (Lipinski definition) is 1. The maximum atomic E-state index is 12.6. The second-order valence-corrected chi connectivity index (χ2v) is 8.33. The monoisotopic (exact) mass is 430 g/mol. The van der Waals surface area contributed by atoms with Gasteiger partial charge in [0.25, 0.3) is 5.91 Å². The van der Waals surface area contributed by atoms with E-state index in [1.807, 2.05) is 0 Å². The van der Waals surface area contributed by atoms with Crippen LogP contribution in [-0.4, -0.2) is 46.8 Å². The van der Waals surface area contributed by atoms with E-state index in [1.54, 1.807) is 24.3 Å². The lowest BCUT2D eigenvalue weighted by molar-refractivity contribution is -0.129. The molecule has 1 atom stereocenters. The molecule has 2 fully saturated rings. The summed E-state index contributed by atoms with van der Waals surface area (Å²) in [6, 6.07) is 5.11. The number of nitrogens with one attached hydrogen (secondary N) is 1. The largest absolute Gasteiger partial charge is 0.376 e. The number of benzene rings is 1. The predicted octanol–water partition coefficient (Wildman–Crippen LogP) is 3.49. The van der Waals surface area contributed by atoms with Gasteiger partial charge in [0, 0.05) is 28.8 Å². The Labute approximate surface area is 171 Å². The number of nitrogens with zero attached hydrogens (tertiary/aromatic N) is 1. The molecule has 2 amide bonds. The van der Waals surface area contributed by atoms with Crippen molar-refractivity contribution in [2.24, 2.45) is 0 Å². The summed E-state index contributed by atoms with van der Waals surface area (Å²) in [5.74, 6) is -0.600. The second-order valence-electron chi connectivity index (χ2n) is 5.84. The molecule has 1 aromatic rings. The van der Waals surface area contributed by atoms with Gasteiger partial charge in [-0.15, -0.1) is 0 Å². The SMILES string of the molecule is O=C(CN1C(=O)/C(=C/c2c(Cl)cccc2Cl)SC1=S)NC[C@H]1CCCO1.